The molecule has 0 bridgehead atoms. The topological polar surface area (TPSA) is 29.1 Å². The highest BCUT2D eigenvalue weighted by molar-refractivity contribution is 5.93. The average molecular weight is 173 g/mol. The van der Waals surface area contributed by atoms with Crippen LogP contribution in [0.1, 0.15) is 0 Å². The number of hydrogen-bond donors (Lipinski definition) is 0. The summed E-state index contributed by atoms with van der Waals surface area (Å²) in [5.74, 6) is 0.651. The zero-order chi connectivity index (χ0) is 9.26. The van der Waals surface area contributed by atoms with Crippen LogP contribution in [0.2, 0.25) is 0 Å². The Morgan fingerprint density at radius 2 is 1.77 bits per heavy atom. The third kappa shape index (κ3) is 1.20. The fraction of sp³-hybridized carbons (Fsp3) is 0.0909. The van der Waals surface area contributed by atoms with E-state index in [1.807, 2.05) is 18.2 Å². The van der Waals surface area contributed by atoms with Crippen LogP contribution in [-0.4, -0.2) is 7.11 Å². The summed E-state index contributed by atoms with van der Waals surface area (Å²) in [6.45, 7) is 0. The van der Waals surface area contributed by atoms with Gasteiger partial charge in [-0.05, 0) is 17.5 Å². The molecule has 0 aromatic heterocycles. The molecular weight excluding hydrogens is 164 g/mol. The van der Waals surface area contributed by atoms with Crippen LogP contribution >= 0.6 is 0 Å². The Morgan fingerprint density at radius 1 is 1.08 bits per heavy atom. The van der Waals surface area contributed by atoms with Crippen LogP contribution in [0.25, 0.3) is 10.8 Å². The standard InChI is InChI=1S/C11H9O2/c1-13-10-7-3-5-8-4-2-6-9(12)11(8)10/h2-7H,1H3. The lowest BCUT2D eigenvalue weighted by molar-refractivity contribution is 0.357. The largest absolute Gasteiger partial charge is 0.496 e. The van der Waals surface area contributed by atoms with E-state index < -0.39 is 0 Å². The molecule has 2 heteroatoms. The van der Waals surface area contributed by atoms with E-state index >= 15 is 0 Å². The van der Waals surface area contributed by atoms with Crippen molar-refractivity contribution in [2.75, 3.05) is 7.11 Å². The van der Waals surface area contributed by atoms with E-state index in [9.17, 15) is 5.11 Å². The smallest absolute Gasteiger partial charge is 0.190 e. The summed E-state index contributed by atoms with van der Waals surface area (Å²) in [4.78, 5) is 0. The molecule has 0 heterocycles. The van der Waals surface area contributed by atoms with Gasteiger partial charge in [-0.15, -0.1) is 0 Å². The molecule has 1 radical (unpaired) electrons. The van der Waals surface area contributed by atoms with Crippen LogP contribution in [-0.2, 0) is 5.11 Å². The molecule has 0 spiro atoms. The molecule has 65 valence electrons. The maximum atomic E-state index is 11.5. The highest BCUT2D eigenvalue weighted by atomic mass is 16.5. The average Bonchev–Trinajstić information content (AvgIpc) is 2.17. The van der Waals surface area contributed by atoms with Gasteiger partial charge < -0.3 is 4.74 Å². The molecule has 2 aromatic rings. The summed E-state index contributed by atoms with van der Waals surface area (Å²) < 4.78 is 5.11. The molecule has 0 fully saturated rings. The predicted molar refractivity (Wildman–Crippen MR) is 50.6 cm³/mol. The van der Waals surface area contributed by atoms with Gasteiger partial charge in [-0.2, -0.15) is 0 Å². The molecular formula is C11H9O2. The van der Waals surface area contributed by atoms with Crippen molar-refractivity contribution in [3.8, 4) is 11.5 Å². The van der Waals surface area contributed by atoms with Gasteiger partial charge in [-0.3, -0.25) is 5.11 Å². The first-order valence-electron chi connectivity index (χ1n) is 4.05. The second-order valence-electron chi connectivity index (χ2n) is 2.81. The van der Waals surface area contributed by atoms with Gasteiger partial charge >= 0.3 is 0 Å². The Labute approximate surface area is 76.4 Å². The van der Waals surface area contributed by atoms with Crippen LogP contribution in [0.5, 0.6) is 11.5 Å². The fourth-order valence-corrected chi connectivity index (χ4v) is 1.44. The van der Waals surface area contributed by atoms with Gasteiger partial charge in [-0.1, -0.05) is 24.3 Å². The number of methoxy groups -OCH3 is 1. The molecule has 0 aliphatic heterocycles. The SMILES string of the molecule is COc1cccc2cccc([O])c12. The zero-order valence-electron chi connectivity index (χ0n) is 7.28. The van der Waals surface area contributed by atoms with E-state index in [1.165, 1.54) is 0 Å². The van der Waals surface area contributed by atoms with E-state index in [2.05, 4.69) is 0 Å². The fourth-order valence-electron chi connectivity index (χ4n) is 1.44. The van der Waals surface area contributed by atoms with Crippen LogP contribution in [0.4, 0.5) is 0 Å². The van der Waals surface area contributed by atoms with Crippen molar-refractivity contribution in [2.24, 2.45) is 0 Å². The molecule has 2 nitrogen and oxygen atoms in total. The molecule has 0 atom stereocenters. The van der Waals surface area contributed by atoms with Gasteiger partial charge in [0, 0.05) is 0 Å². The van der Waals surface area contributed by atoms with Crippen molar-refractivity contribution < 1.29 is 9.84 Å². The first kappa shape index (κ1) is 7.92. The maximum Gasteiger partial charge on any atom is 0.190 e. The van der Waals surface area contributed by atoms with Crippen molar-refractivity contribution in [2.45, 2.75) is 0 Å². The Bertz CT molecular complexity index is 430. The number of fused-ring (bicyclic) bond motifs is 1. The third-order valence-corrected chi connectivity index (χ3v) is 2.05. The number of rotatable bonds is 1. The van der Waals surface area contributed by atoms with Gasteiger partial charge in [0.2, 0.25) is 0 Å². The van der Waals surface area contributed by atoms with Crippen molar-refractivity contribution in [3.05, 3.63) is 36.4 Å². The van der Waals surface area contributed by atoms with Crippen LogP contribution < -0.4 is 4.74 Å². The molecule has 0 N–H and O–H groups in total. The molecule has 13 heavy (non-hydrogen) atoms. The van der Waals surface area contributed by atoms with Gasteiger partial charge in [0.15, 0.2) is 5.75 Å². The Morgan fingerprint density at radius 3 is 2.46 bits per heavy atom. The summed E-state index contributed by atoms with van der Waals surface area (Å²) in [6.07, 6.45) is 0. The van der Waals surface area contributed by atoms with Gasteiger partial charge in [-0.25, -0.2) is 0 Å². The molecule has 0 aliphatic rings. The lowest BCUT2D eigenvalue weighted by Gasteiger charge is -2.04. The summed E-state index contributed by atoms with van der Waals surface area (Å²) >= 11 is 0. The van der Waals surface area contributed by atoms with Crippen molar-refractivity contribution in [1.82, 2.24) is 0 Å². The molecule has 0 unspecified atom stereocenters. The molecule has 2 rings (SSSR count). The summed E-state index contributed by atoms with van der Waals surface area (Å²) in [5.41, 5.74) is 0. The first-order chi connectivity index (χ1) is 6.33. The summed E-state index contributed by atoms with van der Waals surface area (Å²) in [7, 11) is 1.57. The van der Waals surface area contributed by atoms with E-state index in [0.717, 1.165) is 5.39 Å². The van der Waals surface area contributed by atoms with Crippen LogP contribution in [0.3, 0.4) is 0 Å². The second-order valence-corrected chi connectivity index (χ2v) is 2.81. The number of hydrogen-bond acceptors (Lipinski definition) is 1. The quantitative estimate of drug-likeness (QED) is 0.651. The number of ether oxygens (including phenoxy) is 1. The third-order valence-electron chi connectivity index (χ3n) is 2.05. The van der Waals surface area contributed by atoms with Gasteiger partial charge in [0.05, 0.1) is 12.5 Å². The van der Waals surface area contributed by atoms with E-state index in [-0.39, 0.29) is 5.75 Å². The second kappa shape index (κ2) is 2.98. The Hall–Kier alpha value is -1.70. The molecule has 0 amide bonds. The van der Waals surface area contributed by atoms with Crippen molar-refractivity contribution >= 4 is 10.8 Å². The minimum absolute atomic E-state index is 0.00921. The molecule has 0 aliphatic carbocycles. The predicted octanol–water partition coefficient (Wildman–Crippen LogP) is 2.99. The van der Waals surface area contributed by atoms with Crippen LogP contribution in [0.15, 0.2) is 36.4 Å². The monoisotopic (exact) mass is 173 g/mol. The molecule has 2 aromatic carbocycles. The highest BCUT2D eigenvalue weighted by Gasteiger charge is 2.05. The minimum atomic E-state index is 0.00921. The molecule has 0 saturated heterocycles. The summed E-state index contributed by atoms with van der Waals surface area (Å²) in [5, 5.41) is 13.1. The van der Waals surface area contributed by atoms with Crippen molar-refractivity contribution in [1.29, 1.82) is 0 Å². The maximum absolute atomic E-state index is 11.5. The Balaban J connectivity index is 2.87. The van der Waals surface area contributed by atoms with Crippen LogP contribution in [0, 0.1) is 0 Å². The van der Waals surface area contributed by atoms with Crippen molar-refractivity contribution in [3.63, 3.8) is 0 Å². The normalized spacial score (nSPS) is 10.2. The lowest BCUT2D eigenvalue weighted by atomic mass is 10.1. The molecule has 0 saturated carbocycles. The summed E-state index contributed by atoms with van der Waals surface area (Å²) in [6, 6.07) is 10.8. The first-order valence-corrected chi connectivity index (χ1v) is 4.05. The van der Waals surface area contributed by atoms with Gasteiger partial charge in [0.1, 0.15) is 5.75 Å². The lowest BCUT2D eigenvalue weighted by Crippen LogP contribution is -1.84. The number of benzene rings is 2. The van der Waals surface area contributed by atoms with E-state index in [4.69, 9.17) is 4.74 Å². The zero-order valence-corrected chi connectivity index (χ0v) is 7.28. The Kier molecular flexibility index (Phi) is 1.81. The van der Waals surface area contributed by atoms with E-state index in [1.54, 1.807) is 25.3 Å². The van der Waals surface area contributed by atoms with E-state index in [0.29, 0.717) is 11.1 Å². The van der Waals surface area contributed by atoms with Gasteiger partial charge in [0.25, 0.3) is 0 Å². The minimum Gasteiger partial charge on any atom is -0.496 e. The highest BCUT2D eigenvalue weighted by Crippen LogP contribution is 2.32.